The molecule has 8 heteroatoms. The Labute approximate surface area is 166 Å². The van der Waals surface area contributed by atoms with Crippen LogP contribution in [0.1, 0.15) is 22.3 Å². The van der Waals surface area contributed by atoms with Crippen LogP contribution in [0, 0.1) is 36.5 Å². The first-order valence-electron chi connectivity index (χ1n) is 8.75. The summed E-state index contributed by atoms with van der Waals surface area (Å²) < 4.78 is 6.12. The van der Waals surface area contributed by atoms with Gasteiger partial charge in [0.1, 0.15) is 11.1 Å². The van der Waals surface area contributed by atoms with Gasteiger partial charge >= 0.3 is 0 Å². The zero-order chi connectivity index (χ0) is 20.4. The van der Waals surface area contributed by atoms with E-state index in [4.69, 9.17) is 15.3 Å². The van der Waals surface area contributed by atoms with E-state index in [1.165, 1.54) is 0 Å². The molecule has 0 aliphatic heterocycles. The van der Waals surface area contributed by atoms with E-state index in [1.807, 2.05) is 13.8 Å². The molecule has 2 aromatic carbocycles. The Bertz CT molecular complexity index is 1270. The summed E-state index contributed by atoms with van der Waals surface area (Å²) in [4.78, 5) is 8.92. The predicted molar refractivity (Wildman–Crippen MR) is 107 cm³/mol. The number of nitrogens with zero attached hydrogens (tertiary/aromatic N) is 5. The van der Waals surface area contributed by atoms with Crippen molar-refractivity contribution in [2.45, 2.75) is 13.8 Å². The molecule has 2 aromatic heterocycles. The zero-order valence-corrected chi connectivity index (χ0v) is 15.7. The Morgan fingerprint density at radius 2 is 1.66 bits per heavy atom. The largest absolute Gasteiger partial charge is 0.437 e. The molecule has 4 aromatic rings. The SMILES string of the molecule is Cc1cc(C#N)cc(C)c1Oc1nc(Nc2ccc(C#N)cc2)nc2[nH]ncc12. The van der Waals surface area contributed by atoms with Gasteiger partial charge in [-0.05, 0) is 61.4 Å². The maximum Gasteiger partial charge on any atom is 0.235 e. The van der Waals surface area contributed by atoms with Gasteiger partial charge in [-0.25, -0.2) is 0 Å². The number of H-pyrrole nitrogens is 1. The lowest BCUT2D eigenvalue weighted by atomic mass is 10.1. The van der Waals surface area contributed by atoms with Crippen molar-refractivity contribution in [2.75, 3.05) is 5.32 Å². The van der Waals surface area contributed by atoms with Crippen molar-refractivity contribution in [3.8, 4) is 23.8 Å². The smallest absolute Gasteiger partial charge is 0.235 e. The topological polar surface area (TPSA) is 123 Å². The maximum atomic E-state index is 9.14. The predicted octanol–water partition coefficient (Wildman–Crippen LogP) is 4.25. The highest BCUT2D eigenvalue weighted by molar-refractivity contribution is 5.81. The molecular formula is C21H15N7O. The standard InChI is InChI=1S/C21H15N7O/c1-12-7-15(10-23)8-13(2)18(12)29-20-17-11-24-28-19(17)26-21(27-20)25-16-5-3-14(9-22)4-6-16/h3-8,11H,1-2H3,(H2,24,25,26,27,28). The van der Waals surface area contributed by atoms with Gasteiger partial charge in [-0.2, -0.15) is 25.6 Å². The van der Waals surface area contributed by atoms with E-state index >= 15 is 0 Å². The molecule has 2 N–H and O–H groups in total. The van der Waals surface area contributed by atoms with Crippen LogP contribution in [0.3, 0.4) is 0 Å². The number of hydrogen-bond donors (Lipinski definition) is 2. The van der Waals surface area contributed by atoms with Crippen molar-refractivity contribution in [3.05, 3.63) is 64.8 Å². The minimum Gasteiger partial charge on any atom is -0.437 e. The van der Waals surface area contributed by atoms with E-state index in [-0.39, 0.29) is 0 Å². The minimum absolute atomic E-state index is 0.324. The molecule has 0 saturated carbocycles. The van der Waals surface area contributed by atoms with Crippen molar-refractivity contribution in [2.24, 2.45) is 0 Å². The van der Waals surface area contributed by atoms with E-state index < -0.39 is 0 Å². The number of hydrogen-bond acceptors (Lipinski definition) is 7. The van der Waals surface area contributed by atoms with Crippen molar-refractivity contribution in [3.63, 3.8) is 0 Å². The number of rotatable bonds is 4. The molecule has 0 fully saturated rings. The maximum absolute atomic E-state index is 9.14. The number of anilines is 2. The minimum atomic E-state index is 0.324. The molecule has 0 spiro atoms. The molecule has 29 heavy (non-hydrogen) atoms. The third kappa shape index (κ3) is 3.55. The number of aryl methyl sites for hydroxylation is 2. The van der Waals surface area contributed by atoms with Crippen molar-refractivity contribution < 1.29 is 4.74 Å². The molecule has 0 radical (unpaired) electrons. The third-order valence-corrected chi connectivity index (χ3v) is 4.33. The molecule has 2 heterocycles. The summed E-state index contributed by atoms with van der Waals surface area (Å²) in [6.45, 7) is 3.76. The van der Waals surface area contributed by atoms with Crippen molar-refractivity contribution in [1.29, 1.82) is 10.5 Å². The quantitative estimate of drug-likeness (QED) is 0.541. The number of aromatic amines is 1. The van der Waals surface area contributed by atoms with Crippen LogP contribution in [-0.4, -0.2) is 20.2 Å². The molecule has 4 rings (SSSR count). The molecule has 0 atom stereocenters. The fraction of sp³-hybridized carbons (Fsp3) is 0.0952. The number of nitriles is 2. The van der Waals surface area contributed by atoms with E-state index in [9.17, 15) is 0 Å². The molecule has 0 saturated heterocycles. The molecule has 0 aliphatic carbocycles. The van der Waals surface area contributed by atoms with Gasteiger partial charge in [0.15, 0.2) is 5.65 Å². The van der Waals surface area contributed by atoms with Gasteiger partial charge in [0.2, 0.25) is 11.8 Å². The molecular weight excluding hydrogens is 366 g/mol. The second-order valence-corrected chi connectivity index (χ2v) is 6.45. The lowest BCUT2D eigenvalue weighted by Gasteiger charge is -2.13. The van der Waals surface area contributed by atoms with Crippen LogP contribution in [-0.2, 0) is 0 Å². The monoisotopic (exact) mass is 381 g/mol. The molecule has 8 nitrogen and oxygen atoms in total. The summed E-state index contributed by atoms with van der Waals surface area (Å²) in [6, 6.07) is 14.7. The number of benzene rings is 2. The summed E-state index contributed by atoms with van der Waals surface area (Å²) >= 11 is 0. The number of ether oxygens (including phenoxy) is 1. The number of nitrogens with one attached hydrogen (secondary N) is 2. The lowest BCUT2D eigenvalue weighted by Crippen LogP contribution is -2.01. The van der Waals surface area contributed by atoms with Gasteiger partial charge in [0.25, 0.3) is 0 Å². The van der Waals surface area contributed by atoms with Gasteiger partial charge in [0.05, 0.1) is 29.5 Å². The fourth-order valence-electron chi connectivity index (χ4n) is 2.97. The molecule has 0 bridgehead atoms. The van der Waals surface area contributed by atoms with Crippen molar-refractivity contribution in [1.82, 2.24) is 20.2 Å². The normalized spacial score (nSPS) is 10.3. The van der Waals surface area contributed by atoms with E-state index in [2.05, 4.69) is 37.6 Å². The van der Waals surface area contributed by atoms with E-state index in [1.54, 1.807) is 42.6 Å². The second-order valence-electron chi connectivity index (χ2n) is 6.45. The van der Waals surface area contributed by atoms with Crippen LogP contribution in [0.15, 0.2) is 42.6 Å². The number of fused-ring (bicyclic) bond motifs is 1. The van der Waals surface area contributed by atoms with E-state index in [0.29, 0.717) is 39.7 Å². The first-order valence-corrected chi connectivity index (χ1v) is 8.75. The summed E-state index contributed by atoms with van der Waals surface area (Å²) in [7, 11) is 0. The van der Waals surface area contributed by atoms with Crippen LogP contribution < -0.4 is 10.1 Å². The molecule has 0 amide bonds. The lowest BCUT2D eigenvalue weighted by molar-refractivity contribution is 0.462. The summed E-state index contributed by atoms with van der Waals surface area (Å²) in [5.74, 6) is 1.30. The van der Waals surface area contributed by atoms with Gasteiger partial charge in [-0.1, -0.05) is 0 Å². The van der Waals surface area contributed by atoms with Gasteiger partial charge in [-0.3, -0.25) is 5.10 Å². The summed E-state index contributed by atoms with van der Waals surface area (Å²) in [5.41, 5.74) is 4.06. The Hall–Kier alpha value is -4.43. The van der Waals surface area contributed by atoms with Crippen LogP contribution in [0.5, 0.6) is 11.6 Å². The molecule has 0 unspecified atom stereocenters. The Morgan fingerprint density at radius 1 is 0.966 bits per heavy atom. The van der Waals surface area contributed by atoms with Crippen LogP contribution in [0.4, 0.5) is 11.6 Å². The van der Waals surface area contributed by atoms with Gasteiger partial charge in [-0.15, -0.1) is 0 Å². The average molecular weight is 381 g/mol. The second kappa shape index (κ2) is 7.29. The van der Waals surface area contributed by atoms with E-state index in [0.717, 1.165) is 16.8 Å². The highest BCUT2D eigenvalue weighted by atomic mass is 16.5. The Kier molecular flexibility index (Phi) is 4.52. The van der Waals surface area contributed by atoms with Crippen molar-refractivity contribution >= 4 is 22.7 Å². The summed E-state index contributed by atoms with van der Waals surface area (Å²) in [6.07, 6.45) is 1.60. The van der Waals surface area contributed by atoms with Gasteiger partial charge < -0.3 is 10.1 Å². The Balaban J connectivity index is 1.72. The third-order valence-electron chi connectivity index (χ3n) is 4.33. The molecule has 140 valence electrons. The first-order chi connectivity index (χ1) is 14.1. The highest BCUT2D eigenvalue weighted by Gasteiger charge is 2.15. The van der Waals surface area contributed by atoms with Crippen LogP contribution in [0.25, 0.3) is 11.0 Å². The highest BCUT2D eigenvalue weighted by Crippen LogP contribution is 2.33. The average Bonchev–Trinajstić information content (AvgIpc) is 3.20. The van der Waals surface area contributed by atoms with Gasteiger partial charge in [0, 0.05) is 5.69 Å². The molecule has 0 aliphatic rings. The Morgan fingerprint density at radius 3 is 2.31 bits per heavy atom. The fourth-order valence-corrected chi connectivity index (χ4v) is 2.97. The van der Waals surface area contributed by atoms with Crippen LogP contribution >= 0.6 is 0 Å². The number of aromatic nitrogens is 4. The zero-order valence-electron chi connectivity index (χ0n) is 15.7. The first kappa shape index (κ1) is 18.0. The van der Waals surface area contributed by atoms with Crippen LogP contribution in [0.2, 0.25) is 0 Å². The summed E-state index contributed by atoms with van der Waals surface area (Å²) in [5, 5.41) is 28.7.